The molecular formula is C14H21N3O6S. The van der Waals surface area contributed by atoms with Crippen molar-refractivity contribution in [1.29, 1.82) is 0 Å². The van der Waals surface area contributed by atoms with Crippen LogP contribution < -0.4 is 19.9 Å². The van der Waals surface area contributed by atoms with Gasteiger partial charge in [0.05, 0.1) is 14.2 Å². The summed E-state index contributed by atoms with van der Waals surface area (Å²) in [7, 11) is -1.12. The number of hydrogen-bond acceptors (Lipinski definition) is 6. The van der Waals surface area contributed by atoms with E-state index in [9.17, 15) is 13.2 Å². The van der Waals surface area contributed by atoms with E-state index in [2.05, 4.69) is 4.72 Å². The Hall–Kier alpha value is -2.04. The Labute approximate surface area is 140 Å². The molecular weight excluding hydrogens is 338 g/mol. The number of benzene rings is 1. The monoisotopic (exact) mass is 359 g/mol. The van der Waals surface area contributed by atoms with E-state index in [-0.39, 0.29) is 23.7 Å². The van der Waals surface area contributed by atoms with Gasteiger partial charge in [-0.15, -0.1) is 0 Å². The smallest absolute Gasteiger partial charge is 0.407 e. The lowest BCUT2D eigenvalue weighted by Gasteiger charge is -2.19. The average molecular weight is 359 g/mol. The van der Waals surface area contributed by atoms with Gasteiger partial charge in [0, 0.05) is 31.2 Å². The molecule has 10 heteroatoms. The van der Waals surface area contributed by atoms with E-state index in [0.29, 0.717) is 12.2 Å². The molecule has 0 radical (unpaired) electrons. The number of hydrogen-bond donors (Lipinski definition) is 3. The number of sulfonamides is 1. The van der Waals surface area contributed by atoms with Gasteiger partial charge < -0.3 is 25.2 Å². The highest BCUT2D eigenvalue weighted by atomic mass is 32.2. The zero-order valence-electron chi connectivity index (χ0n) is 13.4. The SMILES string of the molecule is COc1ccc(OC)c(S(=O)(=O)N[C@@H]2C[C@H](CN)N(C(=O)O)C2)c1. The third-order valence-electron chi connectivity index (χ3n) is 3.91. The summed E-state index contributed by atoms with van der Waals surface area (Å²) >= 11 is 0. The van der Waals surface area contributed by atoms with Crippen molar-refractivity contribution in [2.24, 2.45) is 5.73 Å². The highest BCUT2D eigenvalue weighted by Crippen LogP contribution is 2.29. The van der Waals surface area contributed by atoms with Gasteiger partial charge in [-0.3, -0.25) is 0 Å². The molecule has 9 nitrogen and oxygen atoms in total. The summed E-state index contributed by atoms with van der Waals surface area (Å²) in [5, 5.41) is 9.15. The van der Waals surface area contributed by atoms with Gasteiger partial charge in [0.1, 0.15) is 16.4 Å². The van der Waals surface area contributed by atoms with Crippen LogP contribution in [0.2, 0.25) is 0 Å². The second-order valence-electron chi connectivity index (χ2n) is 5.40. The largest absolute Gasteiger partial charge is 0.497 e. The van der Waals surface area contributed by atoms with Crippen molar-refractivity contribution in [3.8, 4) is 11.5 Å². The molecule has 1 aromatic carbocycles. The van der Waals surface area contributed by atoms with Crippen molar-refractivity contribution in [3.05, 3.63) is 18.2 Å². The van der Waals surface area contributed by atoms with E-state index in [1.807, 2.05) is 0 Å². The van der Waals surface area contributed by atoms with Crippen molar-refractivity contribution in [3.63, 3.8) is 0 Å². The average Bonchev–Trinajstić information content (AvgIpc) is 2.96. The van der Waals surface area contributed by atoms with Gasteiger partial charge in [-0.1, -0.05) is 0 Å². The molecule has 0 unspecified atom stereocenters. The Balaban J connectivity index is 2.25. The van der Waals surface area contributed by atoms with Crippen molar-refractivity contribution >= 4 is 16.1 Å². The molecule has 2 rings (SSSR count). The quantitative estimate of drug-likeness (QED) is 0.654. The number of carboxylic acid groups (broad SMARTS) is 1. The van der Waals surface area contributed by atoms with Gasteiger partial charge in [0.2, 0.25) is 10.0 Å². The second-order valence-corrected chi connectivity index (χ2v) is 7.08. The van der Waals surface area contributed by atoms with Crippen molar-refractivity contribution < 1.29 is 27.8 Å². The molecule has 0 spiro atoms. The molecule has 2 atom stereocenters. The molecule has 1 saturated heterocycles. The van der Waals surface area contributed by atoms with Crippen LogP contribution in [0.5, 0.6) is 11.5 Å². The van der Waals surface area contributed by atoms with Crippen LogP contribution in [0.15, 0.2) is 23.1 Å². The normalized spacial score (nSPS) is 20.9. The number of rotatable bonds is 6. The van der Waals surface area contributed by atoms with E-state index < -0.39 is 28.2 Å². The highest BCUT2D eigenvalue weighted by molar-refractivity contribution is 7.89. The zero-order valence-corrected chi connectivity index (χ0v) is 14.2. The summed E-state index contributed by atoms with van der Waals surface area (Å²) in [6, 6.07) is 3.46. The van der Waals surface area contributed by atoms with Crippen LogP contribution in [0, 0.1) is 0 Å². The molecule has 0 aliphatic carbocycles. The van der Waals surface area contributed by atoms with E-state index >= 15 is 0 Å². The number of amides is 1. The first-order chi connectivity index (χ1) is 11.3. The van der Waals surface area contributed by atoms with E-state index in [1.165, 1.54) is 26.4 Å². The Morgan fingerprint density at radius 2 is 2.12 bits per heavy atom. The maximum Gasteiger partial charge on any atom is 0.407 e. The van der Waals surface area contributed by atoms with Crippen LogP contribution in [0.25, 0.3) is 0 Å². The number of nitrogens with one attached hydrogen (secondary N) is 1. The van der Waals surface area contributed by atoms with Crippen LogP contribution in [0.3, 0.4) is 0 Å². The van der Waals surface area contributed by atoms with Gasteiger partial charge in [0.15, 0.2) is 0 Å². The number of carbonyl (C=O) groups is 1. The fourth-order valence-electron chi connectivity index (χ4n) is 2.74. The molecule has 1 heterocycles. The number of nitrogens with two attached hydrogens (primary N) is 1. The molecule has 1 fully saturated rings. The summed E-state index contributed by atoms with van der Waals surface area (Å²) in [5.74, 6) is 0.543. The lowest BCUT2D eigenvalue weighted by Crippen LogP contribution is -2.40. The maximum atomic E-state index is 12.7. The van der Waals surface area contributed by atoms with Gasteiger partial charge in [0.25, 0.3) is 0 Å². The minimum absolute atomic E-state index is 0.0444. The molecule has 1 aromatic rings. The highest BCUT2D eigenvalue weighted by Gasteiger charge is 2.37. The first kappa shape index (κ1) is 18.3. The topological polar surface area (TPSA) is 131 Å². The van der Waals surface area contributed by atoms with Gasteiger partial charge in [-0.2, -0.15) is 0 Å². The van der Waals surface area contributed by atoms with Gasteiger partial charge >= 0.3 is 6.09 Å². The van der Waals surface area contributed by atoms with Gasteiger partial charge in [-0.05, 0) is 18.6 Å². The Kier molecular flexibility index (Phi) is 5.52. The Morgan fingerprint density at radius 1 is 1.42 bits per heavy atom. The first-order valence-corrected chi connectivity index (χ1v) is 8.74. The Bertz CT molecular complexity index is 708. The van der Waals surface area contributed by atoms with Crippen LogP contribution in [-0.4, -0.2) is 63.9 Å². The molecule has 0 saturated carbocycles. The zero-order chi connectivity index (χ0) is 17.9. The third-order valence-corrected chi connectivity index (χ3v) is 5.46. The molecule has 4 N–H and O–H groups in total. The molecule has 1 amide bonds. The predicted molar refractivity (Wildman–Crippen MR) is 85.8 cm³/mol. The molecule has 0 aromatic heterocycles. The van der Waals surface area contributed by atoms with Crippen LogP contribution in [0.1, 0.15) is 6.42 Å². The number of methoxy groups -OCH3 is 2. The van der Waals surface area contributed by atoms with Crippen LogP contribution >= 0.6 is 0 Å². The fraction of sp³-hybridized carbons (Fsp3) is 0.500. The summed E-state index contributed by atoms with van der Waals surface area (Å²) in [6.45, 7) is 0.176. The molecule has 1 aliphatic rings. The van der Waals surface area contributed by atoms with E-state index in [1.54, 1.807) is 6.07 Å². The summed E-state index contributed by atoms with van der Waals surface area (Å²) in [5.41, 5.74) is 5.56. The number of ether oxygens (including phenoxy) is 2. The standard InChI is InChI=1S/C14H21N3O6S/c1-22-11-3-4-12(23-2)13(6-11)24(20,21)16-9-5-10(7-15)17(8-9)14(18)19/h3-4,6,9-10,16H,5,7-8,15H2,1-2H3,(H,18,19)/t9-,10-/m1/s1. The van der Waals surface area contributed by atoms with Crippen LogP contribution in [0.4, 0.5) is 4.79 Å². The number of likely N-dealkylation sites (tertiary alicyclic amines) is 1. The van der Waals surface area contributed by atoms with E-state index in [4.69, 9.17) is 20.3 Å². The minimum Gasteiger partial charge on any atom is -0.497 e. The minimum atomic E-state index is -3.92. The second kappa shape index (κ2) is 7.24. The first-order valence-electron chi connectivity index (χ1n) is 7.26. The summed E-state index contributed by atoms with van der Waals surface area (Å²) in [6.07, 6.45) is -0.806. The molecule has 24 heavy (non-hydrogen) atoms. The van der Waals surface area contributed by atoms with Crippen molar-refractivity contribution in [1.82, 2.24) is 9.62 Å². The van der Waals surface area contributed by atoms with E-state index in [0.717, 1.165) is 4.90 Å². The molecule has 0 bridgehead atoms. The summed E-state index contributed by atoms with van der Waals surface area (Å²) < 4.78 is 38.0. The van der Waals surface area contributed by atoms with Crippen molar-refractivity contribution in [2.45, 2.75) is 23.4 Å². The fourth-order valence-corrected chi connectivity index (χ4v) is 4.16. The summed E-state index contributed by atoms with van der Waals surface area (Å²) in [4.78, 5) is 12.3. The Morgan fingerprint density at radius 3 is 2.62 bits per heavy atom. The lowest BCUT2D eigenvalue weighted by molar-refractivity contribution is 0.141. The molecule has 134 valence electrons. The lowest BCUT2D eigenvalue weighted by atomic mass is 10.2. The predicted octanol–water partition coefficient (Wildman–Crippen LogP) is 0.0617. The van der Waals surface area contributed by atoms with Crippen molar-refractivity contribution in [2.75, 3.05) is 27.3 Å². The third kappa shape index (κ3) is 3.71. The number of nitrogens with zero attached hydrogens (tertiary/aromatic N) is 1. The maximum absolute atomic E-state index is 12.7. The van der Waals surface area contributed by atoms with Crippen LogP contribution in [-0.2, 0) is 10.0 Å². The van der Waals surface area contributed by atoms with Gasteiger partial charge in [-0.25, -0.2) is 17.9 Å². The molecule has 1 aliphatic heterocycles.